The molecular weight excluding hydrogens is 547 g/mol. The highest BCUT2D eigenvalue weighted by Gasteiger charge is 2.44. The van der Waals surface area contributed by atoms with E-state index in [1.165, 1.54) is 54.7 Å². The molecule has 0 spiro atoms. The van der Waals surface area contributed by atoms with Crippen LogP contribution in [0.25, 0.3) is 59.7 Å². The van der Waals surface area contributed by atoms with Gasteiger partial charge in [-0.2, -0.15) is 8.97 Å². The number of aromatic nitrogens is 3. The quantitative estimate of drug-likeness (QED) is 0.144. The summed E-state index contributed by atoms with van der Waals surface area (Å²) in [5, 5.41) is 7.93. The Hall–Kier alpha value is -4.61. The molecule has 6 aromatic heterocycles. The number of hydrogen-bond acceptors (Lipinski definition) is 3. The van der Waals surface area contributed by atoms with Gasteiger partial charge < -0.3 is 4.42 Å². The molecule has 0 aliphatic carbocycles. The van der Waals surface area contributed by atoms with Crippen LogP contribution in [-0.2, 0) is 0 Å². The SMILES string of the molecule is Cc1ccc2c(c1)C(C)C(c1cc3ccc4c5ccc(C)nc5oc4c3c3cc4sccc4c[n+]13)[n+]1cc(C)c(C)cc1-2. The maximum atomic E-state index is 6.57. The second kappa shape index (κ2) is 8.71. The summed E-state index contributed by atoms with van der Waals surface area (Å²) in [6.07, 6.45) is 4.70. The molecule has 8 aromatic rings. The first-order chi connectivity index (χ1) is 20.9. The zero-order valence-electron chi connectivity index (χ0n) is 24.9. The number of rotatable bonds is 1. The van der Waals surface area contributed by atoms with Gasteiger partial charge in [-0.1, -0.05) is 30.7 Å². The molecule has 5 heteroatoms. The maximum absolute atomic E-state index is 6.57. The van der Waals surface area contributed by atoms with Crippen LogP contribution in [-0.4, -0.2) is 4.98 Å². The largest absolute Gasteiger partial charge is 0.437 e. The van der Waals surface area contributed by atoms with Crippen LogP contribution in [0.1, 0.15) is 52.5 Å². The first-order valence-electron chi connectivity index (χ1n) is 15.0. The third-order valence-corrected chi connectivity index (χ3v) is 10.6. The Morgan fingerprint density at radius 3 is 2.56 bits per heavy atom. The summed E-state index contributed by atoms with van der Waals surface area (Å²) < 4.78 is 12.8. The predicted octanol–water partition coefficient (Wildman–Crippen LogP) is 8.98. The van der Waals surface area contributed by atoms with E-state index in [1.807, 2.05) is 6.92 Å². The molecule has 0 saturated heterocycles. The lowest BCUT2D eigenvalue weighted by molar-refractivity contribution is -0.726. The summed E-state index contributed by atoms with van der Waals surface area (Å²) in [4.78, 5) is 4.74. The molecule has 1 aliphatic rings. The monoisotopic (exact) mass is 577 g/mol. The molecule has 2 unspecified atom stereocenters. The summed E-state index contributed by atoms with van der Waals surface area (Å²) in [7, 11) is 0. The minimum absolute atomic E-state index is 0.104. The highest BCUT2D eigenvalue weighted by Crippen LogP contribution is 2.43. The molecule has 0 saturated carbocycles. The van der Waals surface area contributed by atoms with E-state index in [0.717, 1.165) is 33.0 Å². The van der Waals surface area contributed by atoms with Gasteiger partial charge in [0.1, 0.15) is 0 Å². The Bertz CT molecular complexity index is 2480. The van der Waals surface area contributed by atoms with E-state index >= 15 is 0 Å². The zero-order chi connectivity index (χ0) is 29.1. The number of hydrogen-bond donors (Lipinski definition) is 0. The Labute approximate surface area is 253 Å². The second-order valence-corrected chi connectivity index (χ2v) is 13.4. The van der Waals surface area contributed by atoms with Gasteiger partial charge in [-0.3, -0.25) is 0 Å². The molecule has 2 atom stereocenters. The van der Waals surface area contributed by atoms with Gasteiger partial charge in [0.25, 0.3) is 5.69 Å². The fourth-order valence-electron chi connectivity index (χ4n) is 7.36. The minimum atomic E-state index is 0.104. The number of aryl methyl sites for hydroxylation is 4. The Balaban J connectivity index is 1.43. The summed E-state index contributed by atoms with van der Waals surface area (Å²) in [6.45, 7) is 11.1. The van der Waals surface area contributed by atoms with Gasteiger partial charge in [0.05, 0.1) is 16.7 Å². The Kier molecular flexibility index (Phi) is 5.05. The molecule has 43 heavy (non-hydrogen) atoms. The molecule has 0 radical (unpaired) electrons. The highest BCUT2D eigenvalue weighted by atomic mass is 32.1. The lowest BCUT2D eigenvalue weighted by Crippen LogP contribution is -2.51. The molecular formula is C38H31N3OS+2. The maximum Gasteiger partial charge on any atom is 0.257 e. The van der Waals surface area contributed by atoms with Crippen molar-refractivity contribution < 1.29 is 13.4 Å². The van der Waals surface area contributed by atoms with Gasteiger partial charge in [-0.15, -0.1) is 11.3 Å². The van der Waals surface area contributed by atoms with Crippen LogP contribution in [0.5, 0.6) is 0 Å². The third kappa shape index (κ3) is 3.46. The van der Waals surface area contributed by atoms with Gasteiger partial charge in [0, 0.05) is 50.5 Å². The van der Waals surface area contributed by atoms with Crippen LogP contribution in [0.2, 0.25) is 0 Å². The van der Waals surface area contributed by atoms with E-state index in [4.69, 9.17) is 9.40 Å². The van der Waals surface area contributed by atoms with E-state index in [9.17, 15) is 0 Å². The molecule has 7 heterocycles. The predicted molar refractivity (Wildman–Crippen MR) is 175 cm³/mol. The van der Waals surface area contributed by atoms with Crippen LogP contribution in [0.3, 0.4) is 0 Å². The highest BCUT2D eigenvalue weighted by molar-refractivity contribution is 7.17. The first-order valence-corrected chi connectivity index (χ1v) is 15.8. The molecule has 1 aliphatic heterocycles. The zero-order valence-corrected chi connectivity index (χ0v) is 25.7. The fraction of sp³-hybridized carbons (Fsp3) is 0.184. The molecule has 2 aromatic carbocycles. The van der Waals surface area contributed by atoms with E-state index in [2.05, 4.69) is 121 Å². The summed E-state index contributed by atoms with van der Waals surface area (Å²) in [5.41, 5.74) is 12.9. The third-order valence-electron chi connectivity index (χ3n) is 9.67. The smallest absolute Gasteiger partial charge is 0.257 e. The van der Waals surface area contributed by atoms with E-state index in [0.29, 0.717) is 5.71 Å². The van der Waals surface area contributed by atoms with Crippen LogP contribution >= 0.6 is 11.3 Å². The van der Waals surface area contributed by atoms with E-state index < -0.39 is 0 Å². The molecule has 0 fully saturated rings. The Morgan fingerprint density at radius 2 is 1.67 bits per heavy atom. The normalized spacial score (nSPS) is 16.5. The van der Waals surface area contributed by atoms with Crippen molar-refractivity contribution in [1.29, 1.82) is 0 Å². The van der Waals surface area contributed by atoms with Gasteiger partial charge in [0.2, 0.25) is 23.0 Å². The van der Waals surface area contributed by atoms with Crippen molar-refractivity contribution in [3.8, 4) is 11.3 Å². The second-order valence-electron chi connectivity index (χ2n) is 12.4. The van der Waals surface area contributed by atoms with Gasteiger partial charge in [-0.25, -0.2) is 4.98 Å². The Morgan fingerprint density at radius 1 is 0.814 bits per heavy atom. The standard InChI is InChI=1S/C38H31N3OS/c1-20-6-9-27-30(14-20)24(5)36(41-18-22(3)21(2)15-31(27)41)33-16-25-8-11-28-29-10-7-23(4)39-38(29)42-37(28)35(25)32-17-34-26(12-13-43-34)19-40(32)33/h6-19,24,36H,1-5H3/q+2. The van der Waals surface area contributed by atoms with Gasteiger partial charge in [-0.05, 0) is 79.9 Å². The lowest BCUT2D eigenvalue weighted by atomic mass is 9.81. The summed E-state index contributed by atoms with van der Waals surface area (Å²) >= 11 is 1.79. The number of pyridine rings is 4. The molecule has 0 bridgehead atoms. The average molecular weight is 578 g/mol. The molecule has 0 N–H and O–H groups in total. The van der Waals surface area contributed by atoms with E-state index in [-0.39, 0.29) is 12.0 Å². The molecule has 4 nitrogen and oxygen atoms in total. The van der Waals surface area contributed by atoms with Crippen LogP contribution < -0.4 is 8.97 Å². The molecule has 0 amide bonds. The van der Waals surface area contributed by atoms with Crippen molar-refractivity contribution in [3.05, 3.63) is 118 Å². The van der Waals surface area contributed by atoms with Crippen LogP contribution in [0.15, 0.2) is 88.9 Å². The molecule has 9 rings (SSSR count). The molecule has 208 valence electrons. The van der Waals surface area contributed by atoms with Crippen molar-refractivity contribution >= 4 is 59.8 Å². The minimum Gasteiger partial charge on any atom is -0.437 e. The number of thiophene rings is 1. The number of furan rings is 1. The number of nitrogens with zero attached hydrogens (tertiary/aromatic N) is 3. The first kappa shape index (κ1) is 24.9. The lowest BCUT2D eigenvalue weighted by Gasteiger charge is -2.27. The summed E-state index contributed by atoms with van der Waals surface area (Å²) in [6, 6.07) is 25.1. The van der Waals surface area contributed by atoms with Crippen molar-refractivity contribution in [1.82, 2.24) is 4.98 Å². The number of benzene rings is 2. The van der Waals surface area contributed by atoms with Crippen molar-refractivity contribution in [2.24, 2.45) is 0 Å². The van der Waals surface area contributed by atoms with Gasteiger partial charge >= 0.3 is 0 Å². The summed E-state index contributed by atoms with van der Waals surface area (Å²) in [5.74, 6) is 0.267. The van der Waals surface area contributed by atoms with Crippen molar-refractivity contribution in [3.63, 3.8) is 0 Å². The average Bonchev–Trinajstić information content (AvgIpc) is 3.60. The number of fused-ring (bicyclic) bond motifs is 11. The van der Waals surface area contributed by atoms with Crippen LogP contribution in [0, 0.1) is 27.7 Å². The van der Waals surface area contributed by atoms with E-state index in [1.54, 1.807) is 11.3 Å². The van der Waals surface area contributed by atoms with Crippen molar-refractivity contribution in [2.75, 3.05) is 0 Å². The van der Waals surface area contributed by atoms with Crippen molar-refractivity contribution in [2.45, 2.75) is 46.6 Å². The van der Waals surface area contributed by atoms with Gasteiger partial charge in [0.15, 0.2) is 18.0 Å². The van der Waals surface area contributed by atoms with Crippen LogP contribution in [0.4, 0.5) is 0 Å². The fourth-order valence-corrected chi connectivity index (χ4v) is 8.15. The topological polar surface area (TPSA) is 34.0 Å².